The first kappa shape index (κ1) is 15.5. The van der Waals surface area contributed by atoms with Gasteiger partial charge in [-0.3, -0.25) is 18.7 Å². The molecule has 0 unspecified atom stereocenters. The number of aromatic nitrogens is 2. The zero-order chi connectivity index (χ0) is 15.7. The largest absolute Gasteiger partial charge is 0.331 e. The molecule has 5 nitrogen and oxygen atoms in total. The third kappa shape index (κ3) is 2.94. The van der Waals surface area contributed by atoms with Crippen molar-refractivity contribution >= 4 is 29.0 Å². The highest BCUT2D eigenvalue weighted by Crippen LogP contribution is 2.24. The zero-order valence-corrected chi connectivity index (χ0v) is 12.9. The molecule has 0 radical (unpaired) electrons. The predicted molar refractivity (Wildman–Crippen MR) is 81.5 cm³/mol. The maximum atomic E-state index is 12.1. The van der Waals surface area contributed by atoms with E-state index in [0.29, 0.717) is 15.6 Å². The molecule has 0 saturated carbocycles. The van der Waals surface area contributed by atoms with E-state index < -0.39 is 17.0 Å². The van der Waals surface area contributed by atoms with Crippen LogP contribution < -0.4 is 11.2 Å². The van der Waals surface area contributed by atoms with E-state index in [2.05, 4.69) is 0 Å². The SMILES string of the molecule is CC(=O)c1cn(Cc2c(Cl)cccc2Cl)c(=O)n(C)c1=O. The van der Waals surface area contributed by atoms with Crippen LogP contribution in [0.4, 0.5) is 0 Å². The number of carbonyl (C=O) groups excluding carboxylic acids is 1. The second-order valence-corrected chi connectivity index (χ2v) is 5.39. The summed E-state index contributed by atoms with van der Waals surface area (Å²) < 4.78 is 2.13. The molecule has 110 valence electrons. The Morgan fingerprint density at radius 2 is 1.76 bits per heavy atom. The number of nitrogens with zero attached hydrogens (tertiary/aromatic N) is 2. The standard InChI is InChI=1S/C14H12Cl2N2O3/c1-8(19)9-6-18(14(21)17(2)13(9)20)7-10-11(15)4-3-5-12(10)16/h3-6H,7H2,1-2H3. The number of hydrogen-bond acceptors (Lipinski definition) is 3. The number of halogens is 2. The van der Waals surface area contributed by atoms with Crippen LogP contribution >= 0.6 is 23.2 Å². The van der Waals surface area contributed by atoms with Crippen molar-refractivity contribution in [1.29, 1.82) is 0 Å². The Kier molecular flexibility index (Phi) is 4.34. The van der Waals surface area contributed by atoms with Crippen LogP contribution in [0.2, 0.25) is 10.0 Å². The molecular formula is C14H12Cl2N2O3. The van der Waals surface area contributed by atoms with Crippen molar-refractivity contribution in [3.8, 4) is 0 Å². The summed E-state index contributed by atoms with van der Waals surface area (Å²) in [4.78, 5) is 35.5. The second-order valence-electron chi connectivity index (χ2n) is 4.57. The maximum absolute atomic E-state index is 12.1. The van der Waals surface area contributed by atoms with Crippen molar-refractivity contribution in [1.82, 2.24) is 9.13 Å². The number of ketones is 1. The van der Waals surface area contributed by atoms with Gasteiger partial charge in [-0.1, -0.05) is 29.3 Å². The van der Waals surface area contributed by atoms with Crippen LogP contribution in [-0.2, 0) is 13.6 Å². The Hall–Kier alpha value is -1.85. The van der Waals surface area contributed by atoms with Crippen LogP contribution in [0, 0.1) is 0 Å². The highest BCUT2D eigenvalue weighted by molar-refractivity contribution is 6.35. The molecule has 21 heavy (non-hydrogen) atoms. The Bertz CT molecular complexity index is 817. The van der Waals surface area contributed by atoms with Crippen molar-refractivity contribution in [3.63, 3.8) is 0 Å². The molecule has 1 heterocycles. The molecule has 1 aromatic heterocycles. The molecule has 0 bridgehead atoms. The van der Waals surface area contributed by atoms with Crippen molar-refractivity contribution in [2.45, 2.75) is 13.5 Å². The van der Waals surface area contributed by atoms with Crippen LogP contribution in [0.25, 0.3) is 0 Å². The minimum absolute atomic E-state index is 0.0553. The molecule has 7 heteroatoms. The summed E-state index contributed by atoms with van der Waals surface area (Å²) in [6.45, 7) is 1.35. The van der Waals surface area contributed by atoms with Gasteiger partial charge in [-0.25, -0.2) is 4.79 Å². The monoisotopic (exact) mass is 326 g/mol. The molecule has 0 amide bonds. The van der Waals surface area contributed by atoms with E-state index in [1.165, 1.54) is 24.7 Å². The minimum Gasteiger partial charge on any atom is -0.295 e. The summed E-state index contributed by atoms with van der Waals surface area (Å²) in [7, 11) is 1.32. The molecule has 0 N–H and O–H groups in total. The first-order valence-electron chi connectivity index (χ1n) is 6.07. The molecule has 0 aliphatic carbocycles. The van der Waals surface area contributed by atoms with Crippen LogP contribution in [-0.4, -0.2) is 14.9 Å². The van der Waals surface area contributed by atoms with Crippen LogP contribution in [0.15, 0.2) is 34.0 Å². The van der Waals surface area contributed by atoms with Gasteiger partial charge < -0.3 is 0 Å². The second kappa shape index (κ2) is 5.87. The highest BCUT2D eigenvalue weighted by Gasteiger charge is 2.14. The Morgan fingerprint density at radius 3 is 2.29 bits per heavy atom. The average molecular weight is 327 g/mol. The number of hydrogen-bond donors (Lipinski definition) is 0. The van der Waals surface area contributed by atoms with Gasteiger partial charge in [0.1, 0.15) is 0 Å². The van der Waals surface area contributed by atoms with Gasteiger partial charge in [-0.15, -0.1) is 0 Å². The van der Waals surface area contributed by atoms with Crippen molar-refractivity contribution < 1.29 is 4.79 Å². The summed E-state index contributed by atoms with van der Waals surface area (Å²) in [5, 5.41) is 0.820. The van der Waals surface area contributed by atoms with E-state index in [1.807, 2.05) is 0 Å². The topological polar surface area (TPSA) is 61.1 Å². The normalized spacial score (nSPS) is 10.7. The Balaban J connectivity index is 2.63. The predicted octanol–water partition coefficient (Wildman–Crippen LogP) is 2.10. The van der Waals surface area contributed by atoms with Crippen LogP contribution in [0.5, 0.6) is 0 Å². The van der Waals surface area contributed by atoms with E-state index in [-0.39, 0.29) is 12.1 Å². The molecule has 0 aliphatic heterocycles. The lowest BCUT2D eigenvalue weighted by Gasteiger charge is -2.11. The third-order valence-corrected chi connectivity index (χ3v) is 3.83. The molecule has 1 aromatic carbocycles. The zero-order valence-electron chi connectivity index (χ0n) is 11.4. The van der Waals surface area contributed by atoms with Gasteiger partial charge in [0.05, 0.1) is 12.1 Å². The van der Waals surface area contributed by atoms with Gasteiger partial charge >= 0.3 is 5.69 Å². The maximum Gasteiger partial charge on any atom is 0.331 e. The lowest BCUT2D eigenvalue weighted by atomic mass is 10.2. The van der Waals surface area contributed by atoms with Crippen LogP contribution in [0.1, 0.15) is 22.8 Å². The number of benzene rings is 1. The Labute approximate surface area is 130 Å². The first-order valence-corrected chi connectivity index (χ1v) is 6.82. The lowest BCUT2D eigenvalue weighted by molar-refractivity contribution is 0.101. The fourth-order valence-electron chi connectivity index (χ4n) is 1.93. The van der Waals surface area contributed by atoms with Gasteiger partial charge in [0.2, 0.25) is 0 Å². The minimum atomic E-state index is -0.617. The molecule has 2 rings (SSSR count). The molecule has 0 spiro atoms. The van der Waals surface area contributed by atoms with Gasteiger partial charge in [0, 0.05) is 28.9 Å². The van der Waals surface area contributed by atoms with E-state index >= 15 is 0 Å². The molecule has 2 aromatic rings. The number of rotatable bonds is 3. The molecule has 0 aliphatic rings. The molecule has 0 atom stereocenters. The summed E-state index contributed by atoms with van der Waals surface area (Å²) in [6.07, 6.45) is 1.24. The quantitative estimate of drug-likeness (QED) is 0.811. The third-order valence-electron chi connectivity index (χ3n) is 3.12. The summed E-state index contributed by atoms with van der Waals surface area (Å²) >= 11 is 12.1. The van der Waals surface area contributed by atoms with Crippen molar-refractivity contribution in [2.24, 2.45) is 7.05 Å². The van der Waals surface area contributed by atoms with Gasteiger partial charge in [-0.05, 0) is 19.1 Å². The molecular weight excluding hydrogens is 315 g/mol. The molecule has 0 saturated heterocycles. The van der Waals surface area contributed by atoms with E-state index in [4.69, 9.17) is 23.2 Å². The summed E-state index contributed by atoms with van der Waals surface area (Å²) in [5.74, 6) is -0.408. The van der Waals surface area contributed by atoms with Crippen molar-refractivity contribution in [2.75, 3.05) is 0 Å². The van der Waals surface area contributed by atoms with E-state index in [9.17, 15) is 14.4 Å². The fraction of sp³-hybridized carbons (Fsp3) is 0.214. The van der Waals surface area contributed by atoms with E-state index in [0.717, 1.165) is 4.57 Å². The molecule has 0 fully saturated rings. The number of Topliss-reactive ketones (excluding diaryl/α,β-unsaturated/α-hetero) is 1. The first-order chi connectivity index (χ1) is 9.82. The van der Waals surface area contributed by atoms with E-state index in [1.54, 1.807) is 18.2 Å². The lowest BCUT2D eigenvalue weighted by Crippen LogP contribution is -2.40. The van der Waals surface area contributed by atoms with Crippen molar-refractivity contribution in [3.05, 3.63) is 66.4 Å². The summed E-state index contributed by atoms with van der Waals surface area (Å²) in [5.41, 5.74) is -0.661. The number of carbonyl (C=O) groups is 1. The highest BCUT2D eigenvalue weighted by atomic mass is 35.5. The van der Waals surface area contributed by atoms with Gasteiger partial charge in [0.25, 0.3) is 5.56 Å². The smallest absolute Gasteiger partial charge is 0.295 e. The average Bonchev–Trinajstić information content (AvgIpc) is 2.42. The Morgan fingerprint density at radius 1 is 1.19 bits per heavy atom. The van der Waals surface area contributed by atoms with Crippen LogP contribution in [0.3, 0.4) is 0 Å². The fourth-order valence-corrected chi connectivity index (χ4v) is 2.45. The van der Waals surface area contributed by atoms with Gasteiger partial charge in [-0.2, -0.15) is 0 Å². The van der Waals surface area contributed by atoms with Gasteiger partial charge in [0.15, 0.2) is 5.78 Å². The summed E-state index contributed by atoms with van der Waals surface area (Å²) in [6, 6.07) is 5.00.